The van der Waals surface area contributed by atoms with Crippen molar-refractivity contribution in [1.29, 1.82) is 0 Å². The second kappa shape index (κ2) is 11.4. The summed E-state index contributed by atoms with van der Waals surface area (Å²) in [5.74, 6) is 0.370. The summed E-state index contributed by atoms with van der Waals surface area (Å²) >= 11 is 0. The number of sulfonamides is 1. The SMILES string of the molecule is CCN(CC)S(=O)(=O)c1ccc(OCC(=O)Nc2cccc(Oc3ccccc3)c2)c([N+](=O)[O-])c1. The van der Waals surface area contributed by atoms with E-state index in [1.165, 1.54) is 16.4 Å². The third kappa shape index (κ3) is 6.55. The van der Waals surface area contributed by atoms with Gasteiger partial charge in [-0.05, 0) is 36.4 Å². The predicted molar refractivity (Wildman–Crippen MR) is 130 cm³/mol. The lowest BCUT2D eigenvalue weighted by Gasteiger charge is -2.18. The van der Waals surface area contributed by atoms with Crippen molar-refractivity contribution in [3.05, 3.63) is 82.9 Å². The number of benzene rings is 3. The molecular weight excluding hydrogens is 474 g/mol. The zero-order valence-corrected chi connectivity index (χ0v) is 20.0. The van der Waals surface area contributed by atoms with Gasteiger partial charge in [-0.3, -0.25) is 14.9 Å². The van der Waals surface area contributed by atoms with Crippen LogP contribution in [0.5, 0.6) is 17.2 Å². The second-order valence-corrected chi connectivity index (χ2v) is 9.19. The molecule has 0 aliphatic heterocycles. The third-order valence-corrected chi connectivity index (χ3v) is 6.97. The van der Waals surface area contributed by atoms with Crippen molar-refractivity contribution in [2.45, 2.75) is 18.7 Å². The number of nitrogens with one attached hydrogen (secondary N) is 1. The van der Waals surface area contributed by atoms with Gasteiger partial charge in [-0.15, -0.1) is 0 Å². The summed E-state index contributed by atoms with van der Waals surface area (Å²) in [6, 6.07) is 19.2. The monoisotopic (exact) mass is 499 g/mol. The van der Waals surface area contributed by atoms with Crippen molar-refractivity contribution in [1.82, 2.24) is 4.31 Å². The van der Waals surface area contributed by atoms with E-state index >= 15 is 0 Å². The van der Waals surface area contributed by atoms with Crippen LogP contribution in [0.2, 0.25) is 0 Å². The highest BCUT2D eigenvalue weighted by molar-refractivity contribution is 7.89. The fourth-order valence-corrected chi connectivity index (χ4v) is 4.72. The minimum atomic E-state index is -3.89. The number of hydrogen-bond acceptors (Lipinski definition) is 7. The normalized spacial score (nSPS) is 11.2. The fourth-order valence-electron chi connectivity index (χ4n) is 3.24. The number of carbonyl (C=O) groups excluding carboxylic acids is 1. The van der Waals surface area contributed by atoms with Gasteiger partial charge in [0.2, 0.25) is 10.0 Å². The molecule has 0 aromatic heterocycles. The van der Waals surface area contributed by atoms with Gasteiger partial charge in [0.25, 0.3) is 5.91 Å². The van der Waals surface area contributed by atoms with Crippen LogP contribution >= 0.6 is 0 Å². The van der Waals surface area contributed by atoms with E-state index < -0.39 is 33.1 Å². The molecule has 0 aliphatic rings. The number of rotatable bonds is 11. The first-order valence-corrected chi connectivity index (χ1v) is 12.2. The molecule has 0 aliphatic carbocycles. The topological polar surface area (TPSA) is 128 Å². The lowest BCUT2D eigenvalue weighted by atomic mass is 10.3. The highest BCUT2D eigenvalue weighted by Gasteiger charge is 2.26. The Hall–Kier alpha value is -3.96. The number of nitro benzene ring substituents is 1. The van der Waals surface area contributed by atoms with E-state index in [0.717, 1.165) is 6.07 Å². The Kier molecular flexibility index (Phi) is 8.39. The largest absolute Gasteiger partial charge is 0.477 e. The molecule has 1 amide bonds. The molecule has 0 saturated carbocycles. The Morgan fingerprint density at radius 1 is 0.971 bits per heavy atom. The van der Waals surface area contributed by atoms with Gasteiger partial charge in [0, 0.05) is 30.9 Å². The third-order valence-electron chi connectivity index (χ3n) is 4.93. The van der Waals surface area contributed by atoms with Crippen LogP contribution in [0.4, 0.5) is 11.4 Å². The molecule has 0 saturated heterocycles. The molecule has 3 rings (SSSR count). The van der Waals surface area contributed by atoms with Gasteiger partial charge < -0.3 is 14.8 Å². The highest BCUT2D eigenvalue weighted by atomic mass is 32.2. The van der Waals surface area contributed by atoms with Crippen LogP contribution in [0.15, 0.2) is 77.7 Å². The van der Waals surface area contributed by atoms with Gasteiger partial charge in [-0.1, -0.05) is 38.1 Å². The Bertz CT molecular complexity index is 1290. The van der Waals surface area contributed by atoms with Crippen molar-refractivity contribution in [3.8, 4) is 17.2 Å². The van der Waals surface area contributed by atoms with Gasteiger partial charge in [-0.25, -0.2) is 8.42 Å². The van der Waals surface area contributed by atoms with Crippen molar-refractivity contribution in [3.63, 3.8) is 0 Å². The molecule has 184 valence electrons. The molecule has 1 N–H and O–H groups in total. The summed E-state index contributed by atoms with van der Waals surface area (Å²) in [6.07, 6.45) is 0. The van der Waals surface area contributed by atoms with Crippen LogP contribution in [-0.4, -0.2) is 43.2 Å². The van der Waals surface area contributed by atoms with Crippen LogP contribution in [0.3, 0.4) is 0 Å². The predicted octanol–water partition coefficient (Wildman–Crippen LogP) is 4.44. The molecule has 35 heavy (non-hydrogen) atoms. The van der Waals surface area contributed by atoms with E-state index in [1.54, 1.807) is 50.2 Å². The van der Waals surface area contributed by atoms with Crippen LogP contribution in [0, 0.1) is 10.1 Å². The molecule has 3 aromatic rings. The van der Waals surface area contributed by atoms with Crippen LogP contribution in [0.1, 0.15) is 13.8 Å². The van der Waals surface area contributed by atoms with Crippen molar-refractivity contribution < 1.29 is 27.6 Å². The minimum Gasteiger partial charge on any atom is -0.477 e. The van der Waals surface area contributed by atoms with E-state index in [2.05, 4.69) is 5.32 Å². The van der Waals surface area contributed by atoms with Crippen molar-refractivity contribution >= 4 is 27.3 Å². The van der Waals surface area contributed by atoms with E-state index in [9.17, 15) is 23.3 Å². The molecule has 0 heterocycles. The summed E-state index contributed by atoms with van der Waals surface area (Å²) in [6.45, 7) is 3.28. The van der Waals surface area contributed by atoms with Crippen LogP contribution in [0.25, 0.3) is 0 Å². The molecule has 11 heteroatoms. The lowest BCUT2D eigenvalue weighted by molar-refractivity contribution is -0.386. The molecule has 0 atom stereocenters. The van der Waals surface area contributed by atoms with Crippen molar-refractivity contribution in [2.75, 3.05) is 25.0 Å². The average molecular weight is 500 g/mol. The Morgan fingerprint density at radius 2 is 1.66 bits per heavy atom. The Balaban J connectivity index is 1.69. The first-order valence-electron chi connectivity index (χ1n) is 10.8. The zero-order valence-electron chi connectivity index (χ0n) is 19.2. The summed E-state index contributed by atoms with van der Waals surface area (Å²) in [4.78, 5) is 22.9. The average Bonchev–Trinajstić information content (AvgIpc) is 2.84. The minimum absolute atomic E-state index is 0.218. The van der Waals surface area contributed by atoms with E-state index in [1.807, 2.05) is 18.2 Å². The first-order chi connectivity index (χ1) is 16.7. The molecule has 0 fully saturated rings. The summed E-state index contributed by atoms with van der Waals surface area (Å²) in [5, 5.41) is 14.2. The van der Waals surface area contributed by atoms with Gasteiger partial charge in [-0.2, -0.15) is 4.31 Å². The van der Waals surface area contributed by atoms with E-state index in [4.69, 9.17) is 9.47 Å². The van der Waals surface area contributed by atoms with Gasteiger partial charge in [0.1, 0.15) is 11.5 Å². The maximum atomic E-state index is 12.7. The molecule has 10 nitrogen and oxygen atoms in total. The fraction of sp³-hybridized carbons (Fsp3) is 0.208. The number of amides is 1. The number of carbonyl (C=O) groups is 1. The van der Waals surface area contributed by atoms with Gasteiger partial charge in [0.15, 0.2) is 12.4 Å². The zero-order chi connectivity index (χ0) is 25.4. The van der Waals surface area contributed by atoms with Gasteiger partial charge in [0.05, 0.1) is 9.82 Å². The number of hydrogen-bond donors (Lipinski definition) is 1. The first kappa shape index (κ1) is 25.7. The number of ether oxygens (including phenoxy) is 2. The molecular formula is C24H25N3O7S. The van der Waals surface area contributed by atoms with Crippen LogP contribution in [-0.2, 0) is 14.8 Å². The standard InChI is InChI=1S/C24H25N3O7S/c1-3-26(4-2)35(31,32)21-13-14-23(22(16-21)27(29)30)33-17-24(28)25-18-9-8-12-20(15-18)34-19-10-6-5-7-11-19/h5-16H,3-4,17H2,1-2H3,(H,25,28). The smallest absolute Gasteiger partial charge is 0.312 e. The van der Waals surface area contributed by atoms with E-state index in [-0.39, 0.29) is 23.7 Å². The molecule has 0 radical (unpaired) electrons. The number of nitrogens with zero attached hydrogens (tertiary/aromatic N) is 2. The number of para-hydroxylation sites is 1. The molecule has 0 bridgehead atoms. The Morgan fingerprint density at radius 3 is 2.31 bits per heavy atom. The van der Waals surface area contributed by atoms with E-state index in [0.29, 0.717) is 17.2 Å². The summed E-state index contributed by atoms with van der Waals surface area (Å²) in [5.41, 5.74) is -0.105. The molecule has 0 unspecified atom stereocenters. The van der Waals surface area contributed by atoms with Crippen LogP contribution < -0.4 is 14.8 Å². The number of nitro groups is 1. The van der Waals surface area contributed by atoms with Gasteiger partial charge >= 0.3 is 5.69 Å². The highest BCUT2D eigenvalue weighted by Crippen LogP contribution is 2.31. The second-order valence-electron chi connectivity index (χ2n) is 7.26. The summed E-state index contributed by atoms with van der Waals surface area (Å²) < 4.78 is 37.6. The molecule has 3 aromatic carbocycles. The Labute approximate surface area is 203 Å². The number of anilines is 1. The molecule has 0 spiro atoms. The lowest BCUT2D eigenvalue weighted by Crippen LogP contribution is -2.30. The maximum Gasteiger partial charge on any atom is 0.312 e. The summed E-state index contributed by atoms with van der Waals surface area (Å²) in [7, 11) is -3.89. The quantitative estimate of drug-likeness (QED) is 0.305. The van der Waals surface area contributed by atoms with Crippen molar-refractivity contribution in [2.24, 2.45) is 0 Å². The maximum absolute atomic E-state index is 12.7.